The Balaban J connectivity index is 1.36. The van der Waals surface area contributed by atoms with Crippen molar-refractivity contribution in [1.29, 1.82) is 0 Å². The van der Waals surface area contributed by atoms with Crippen molar-refractivity contribution in [2.75, 3.05) is 63.1 Å². The van der Waals surface area contributed by atoms with Gasteiger partial charge in [-0.25, -0.2) is 4.39 Å². The van der Waals surface area contributed by atoms with Gasteiger partial charge in [0, 0.05) is 38.3 Å². The molecule has 6 nitrogen and oxygen atoms in total. The molecule has 1 spiro atoms. The van der Waals surface area contributed by atoms with E-state index in [1.165, 1.54) is 6.07 Å². The number of nitrogen functional groups attached to an aromatic ring is 1. The third kappa shape index (κ3) is 4.23. The first-order valence-corrected chi connectivity index (χ1v) is 12.0. The third-order valence-corrected chi connectivity index (χ3v) is 7.71. The molecule has 2 fully saturated rings. The van der Waals surface area contributed by atoms with Gasteiger partial charge in [0.2, 0.25) is 5.91 Å². The smallest absolute Gasteiger partial charge is 0.237 e. The summed E-state index contributed by atoms with van der Waals surface area (Å²) in [6.45, 7) is 6.64. The van der Waals surface area contributed by atoms with Crippen LogP contribution in [0.2, 0.25) is 5.02 Å². The molecule has 2 N–H and O–H groups in total. The van der Waals surface area contributed by atoms with Crippen molar-refractivity contribution in [1.82, 2.24) is 9.80 Å². The highest BCUT2D eigenvalue weighted by molar-refractivity contribution is 6.33. The summed E-state index contributed by atoms with van der Waals surface area (Å²) in [5.74, 6) is -0.0467. The van der Waals surface area contributed by atoms with E-state index in [1.807, 2.05) is 29.2 Å². The molecule has 3 aliphatic rings. The van der Waals surface area contributed by atoms with Gasteiger partial charge in [0.05, 0.1) is 35.0 Å². The molecule has 33 heavy (non-hydrogen) atoms. The van der Waals surface area contributed by atoms with Gasteiger partial charge in [0.1, 0.15) is 5.82 Å². The highest BCUT2D eigenvalue weighted by atomic mass is 35.5. The Morgan fingerprint density at radius 2 is 1.76 bits per heavy atom. The van der Waals surface area contributed by atoms with Gasteiger partial charge < -0.3 is 15.4 Å². The molecular weight excluding hydrogens is 443 g/mol. The van der Waals surface area contributed by atoms with E-state index < -0.39 is 5.41 Å². The summed E-state index contributed by atoms with van der Waals surface area (Å²) in [5.41, 5.74) is 8.60. The molecule has 0 aliphatic carbocycles. The van der Waals surface area contributed by atoms with Crippen molar-refractivity contribution < 1.29 is 13.9 Å². The molecule has 0 unspecified atom stereocenters. The molecule has 8 heteroatoms. The molecule has 0 radical (unpaired) electrons. The van der Waals surface area contributed by atoms with Crippen LogP contribution in [0, 0.1) is 5.82 Å². The first-order valence-electron chi connectivity index (χ1n) is 11.7. The summed E-state index contributed by atoms with van der Waals surface area (Å²) < 4.78 is 19.6. The number of likely N-dealkylation sites (tertiary alicyclic amines) is 1. The summed E-state index contributed by atoms with van der Waals surface area (Å²) in [5, 5.41) is 0.491. The number of nitrogens with two attached hydrogens (primary N) is 1. The first kappa shape index (κ1) is 22.6. The van der Waals surface area contributed by atoms with E-state index in [0.717, 1.165) is 57.2 Å². The topological polar surface area (TPSA) is 62.0 Å². The zero-order chi connectivity index (χ0) is 23.0. The Morgan fingerprint density at radius 3 is 2.48 bits per heavy atom. The zero-order valence-electron chi connectivity index (χ0n) is 18.7. The van der Waals surface area contributed by atoms with Gasteiger partial charge in [0.25, 0.3) is 0 Å². The Kier molecular flexibility index (Phi) is 6.31. The highest BCUT2D eigenvalue weighted by Crippen LogP contribution is 2.50. The first-order chi connectivity index (χ1) is 16.0. The molecule has 176 valence electrons. The number of carbonyl (C=O) groups excluding carboxylic acids is 1. The molecule has 2 aromatic rings. The molecule has 0 bridgehead atoms. The number of carbonyl (C=O) groups is 1. The van der Waals surface area contributed by atoms with Gasteiger partial charge in [-0.1, -0.05) is 29.8 Å². The zero-order valence-corrected chi connectivity index (χ0v) is 19.5. The number of amides is 1. The SMILES string of the molecule is Nc1cc2c(cc1Cl)C1(CCN(Cc3ccccc3F)CC1)C(=O)N2CCN1CCOCC1. The fourth-order valence-electron chi connectivity index (χ4n) is 5.40. The molecule has 3 aliphatic heterocycles. The van der Waals surface area contributed by atoms with Crippen LogP contribution in [0.15, 0.2) is 36.4 Å². The maximum absolute atomic E-state index is 14.1. The van der Waals surface area contributed by atoms with Crippen molar-refractivity contribution in [3.63, 3.8) is 0 Å². The van der Waals surface area contributed by atoms with E-state index in [9.17, 15) is 9.18 Å². The lowest BCUT2D eigenvalue weighted by atomic mass is 9.73. The number of morpholine rings is 1. The third-order valence-electron chi connectivity index (χ3n) is 7.38. The van der Waals surface area contributed by atoms with Gasteiger partial charge in [-0.15, -0.1) is 0 Å². The lowest BCUT2D eigenvalue weighted by Crippen LogP contribution is -2.50. The normalized spacial score (nSPS) is 21.0. The summed E-state index contributed by atoms with van der Waals surface area (Å²) in [4.78, 5) is 20.3. The predicted octanol–water partition coefficient (Wildman–Crippen LogP) is 3.27. The van der Waals surface area contributed by atoms with Gasteiger partial charge in [-0.05, 0) is 49.7 Å². The van der Waals surface area contributed by atoms with Crippen LogP contribution < -0.4 is 10.6 Å². The van der Waals surface area contributed by atoms with Gasteiger partial charge in [-0.3, -0.25) is 14.6 Å². The van der Waals surface area contributed by atoms with Crippen LogP contribution >= 0.6 is 11.6 Å². The largest absolute Gasteiger partial charge is 0.397 e. The monoisotopic (exact) mass is 472 g/mol. The van der Waals surface area contributed by atoms with E-state index in [4.69, 9.17) is 22.1 Å². The second-order valence-electron chi connectivity index (χ2n) is 9.25. The van der Waals surface area contributed by atoms with Crippen molar-refractivity contribution >= 4 is 28.9 Å². The molecule has 2 saturated heterocycles. The molecule has 1 amide bonds. The van der Waals surface area contributed by atoms with Crippen molar-refractivity contribution in [2.45, 2.75) is 24.8 Å². The number of hydrogen-bond donors (Lipinski definition) is 1. The molecule has 2 aromatic carbocycles. The molecule has 0 atom stereocenters. The van der Waals surface area contributed by atoms with Gasteiger partial charge >= 0.3 is 0 Å². The predicted molar refractivity (Wildman–Crippen MR) is 128 cm³/mol. The maximum Gasteiger partial charge on any atom is 0.237 e. The summed E-state index contributed by atoms with van der Waals surface area (Å²) in [6.07, 6.45) is 1.36. The number of rotatable bonds is 5. The minimum atomic E-state index is -0.594. The fraction of sp³-hybridized carbons (Fsp3) is 0.480. The Morgan fingerprint density at radius 1 is 1.03 bits per heavy atom. The van der Waals surface area contributed by atoms with Crippen LogP contribution in [0.3, 0.4) is 0 Å². The second kappa shape index (κ2) is 9.22. The standard InChI is InChI=1S/C25H30ClFN4O2/c26-20-15-19-23(16-22(20)28)31(10-9-29-11-13-33-14-12-29)24(32)25(19)5-7-30(8-6-25)17-18-3-1-2-4-21(18)27/h1-4,15-16H,5-14,17,28H2. The molecular formula is C25H30ClFN4O2. The average Bonchev–Trinajstić information content (AvgIpc) is 3.03. The molecule has 5 rings (SSSR count). The average molecular weight is 473 g/mol. The Labute approximate surface area is 199 Å². The second-order valence-corrected chi connectivity index (χ2v) is 9.66. The highest BCUT2D eigenvalue weighted by Gasteiger charge is 2.52. The van der Waals surface area contributed by atoms with Crippen LogP contribution in [0.1, 0.15) is 24.0 Å². The van der Waals surface area contributed by atoms with E-state index >= 15 is 0 Å². The van der Waals surface area contributed by atoms with Crippen LogP contribution in [0.4, 0.5) is 15.8 Å². The van der Waals surface area contributed by atoms with Crippen LogP contribution in [0.25, 0.3) is 0 Å². The Bertz CT molecular complexity index is 1040. The minimum absolute atomic E-state index is 0.137. The van der Waals surface area contributed by atoms with E-state index in [1.54, 1.807) is 6.07 Å². The lowest BCUT2D eigenvalue weighted by molar-refractivity contribution is -0.125. The van der Waals surface area contributed by atoms with Crippen LogP contribution in [-0.4, -0.2) is 68.2 Å². The molecule has 0 saturated carbocycles. The van der Waals surface area contributed by atoms with E-state index in [-0.39, 0.29) is 11.7 Å². The number of ether oxygens (including phenoxy) is 1. The fourth-order valence-corrected chi connectivity index (χ4v) is 5.56. The van der Waals surface area contributed by atoms with E-state index in [0.29, 0.717) is 42.2 Å². The van der Waals surface area contributed by atoms with Crippen LogP contribution in [-0.2, 0) is 21.5 Å². The lowest BCUT2D eigenvalue weighted by Gasteiger charge is -2.38. The van der Waals surface area contributed by atoms with E-state index in [2.05, 4.69) is 9.80 Å². The minimum Gasteiger partial charge on any atom is -0.397 e. The number of anilines is 2. The maximum atomic E-state index is 14.1. The molecule has 3 heterocycles. The quantitative estimate of drug-likeness (QED) is 0.677. The number of hydrogen-bond acceptors (Lipinski definition) is 5. The van der Waals surface area contributed by atoms with Gasteiger partial charge in [-0.2, -0.15) is 0 Å². The number of benzene rings is 2. The van der Waals surface area contributed by atoms with Crippen molar-refractivity contribution in [3.05, 3.63) is 58.4 Å². The molecule has 0 aromatic heterocycles. The van der Waals surface area contributed by atoms with Crippen LogP contribution in [0.5, 0.6) is 0 Å². The Hall–Kier alpha value is -2.19. The summed E-state index contributed by atoms with van der Waals surface area (Å²) >= 11 is 6.41. The van der Waals surface area contributed by atoms with Crippen molar-refractivity contribution in [3.8, 4) is 0 Å². The number of halogens is 2. The van der Waals surface area contributed by atoms with Gasteiger partial charge in [0.15, 0.2) is 0 Å². The summed E-state index contributed by atoms with van der Waals surface area (Å²) in [6, 6.07) is 10.6. The number of fused-ring (bicyclic) bond motifs is 2. The number of nitrogens with zero attached hydrogens (tertiary/aromatic N) is 3. The summed E-state index contributed by atoms with van der Waals surface area (Å²) in [7, 11) is 0. The van der Waals surface area contributed by atoms with Crippen molar-refractivity contribution in [2.24, 2.45) is 0 Å². The number of piperidine rings is 1.